The first-order valence-corrected chi connectivity index (χ1v) is 8.55. The molecule has 0 spiro atoms. The van der Waals surface area contributed by atoms with Crippen LogP contribution in [0.15, 0.2) is 48.5 Å². The summed E-state index contributed by atoms with van der Waals surface area (Å²) in [6.45, 7) is -0.117. The number of halogens is 1. The van der Waals surface area contributed by atoms with Gasteiger partial charge in [0.2, 0.25) is 0 Å². The van der Waals surface area contributed by atoms with Crippen molar-refractivity contribution in [3.05, 3.63) is 59.1 Å². The maximum absolute atomic E-state index is 12.1. The SMILES string of the molecule is O=C(COC(=O)COc1ccc(Cl)cc1)NC1CCOc2ccccc21. The van der Waals surface area contributed by atoms with Crippen LogP contribution in [0.25, 0.3) is 0 Å². The Morgan fingerprint density at radius 3 is 2.69 bits per heavy atom. The van der Waals surface area contributed by atoms with E-state index in [9.17, 15) is 9.59 Å². The molecule has 0 saturated heterocycles. The van der Waals surface area contributed by atoms with Gasteiger partial charge in [-0.3, -0.25) is 4.79 Å². The molecule has 6 nitrogen and oxygen atoms in total. The first-order valence-electron chi connectivity index (χ1n) is 8.17. The molecule has 136 valence electrons. The topological polar surface area (TPSA) is 73.9 Å². The Morgan fingerprint density at radius 2 is 1.88 bits per heavy atom. The van der Waals surface area contributed by atoms with Crippen molar-refractivity contribution in [3.63, 3.8) is 0 Å². The predicted octanol–water partition coefficient (Wildman–Crippen LogP) is 2.90. The van der Waals surface area contributed by atoms with Gasteiger partial charge in [-0.25, -0.2) is 4.79 Å². The fourth-order valence-electron chi connectivity index (χ4n) is 2.59. The fourth-order valence-corrected chi connectivity index (χ4v) is 2.71. The van der Waals surface area contributed by atoms with E-state index < -0.39 is 5.97 Å². The number of rotatable bonds is 6. The number of fused-ring (bicyclic) bond motifs is 1. The van der Waals surface area contributed by atoms with E-state index in [1.807, 2.05) is 24.3 Å². The zero-order valence-electron chi connectivity index (χ0n) is 13.9. The molecule has 1 amide bonds. The second kappa shape index (κ2) is 8.58. The second-order valence-electron chi connectivity index (χ2n) is 5.70. The third-order valence-corrected chi connectivity index (χ3v) is 4.08. The maximum atomic E-state index is 12.1. The van der Waals surface area contributed by atoms with Gasteiger partial charge in [-0.05, 0) is 30.3 Å². The van der Waals surface area contributed by atoms with Crippen LogP contribution in [-0.4, -0.2) is 31.7 Å². The third kappa shape index (κ3) is 4.89. The molecule has 1 N–H and O–H groups in total. The summed E-state index contributed by atoms with van der Waals surface area (Å²) in [7, 11) is 0. The fraction of sp³-hybridized carbons (Fsp3) is 0.263. The van der Waals surface area contributed by atoms with E-state index in [4.69, 9.17) is 25.8 Å². The average Bonchev–Trinajstić information content (AvgIpc) is 2.66. The number of para-hydroxylation sites is 1. The summed E-state index contributed by atoms with van der Waals surface area (Å²) < 4.78 is 15.8. The summed E-state index contributed by atoms with van der Waals surface area (Å²) in [6, 6.07) is 14.0. The normalized spacial score (nSPS) is 15.3. The molecule has 1 aliphatic heterocycles. The lowest BCUT2D eigenvalue weighted by Crippen LogP contribution is -2.35. The summed E-state index contributed by atoms with van der Waals surface area (Å²) >= 11 is 5.77. The van der Waals surface area contributed by atoms with Crippen LogP contribution < -0.4 is 14.8 Å². The molecule has 1 atom stereocenters. The summed E-state index contributed by atoms with van der Waals surface area (Å²) in [6.07, 6.45) is 0.663. The predicted molar refractivity (Wildman–Crippen MR) is 95.3 cm³/mol. The Kier molecular flexibility index (Phi) is 5.96. The van der Waals surface area contributed by atoms with Gasteiger partial charge in [0.1, 0.15) is 11.5 Å². The highest BCUT2D eigenvalue weighted by Gasteiger charge is 2.22. The standard InChI is InChI=1S/C19H18ClNO5/c20-13-5-7-14(8-6-13)25-12-19(23)26-11-18(22)21-16-9-10-24-17-4-2-1-3-15(16)17/h1-8,16H,9-12H2,(H,21,22). The van der Waals surface area contributed by atoms with E-state index >= 15 is 0 Å². The van der Waals surface area contributed by atoms with Crippen LogP contribution >= 0.6 is 11.6 Å². The molecule has 0 aromatic heterocycles. The van der Waals surface area contributed by atoms with Gasteiger partial charge in [0.25, 0.3) is 5.91 Å². The van der Waals surface area contributed by atoms with Crippen LogP contribution in [0, 0.1) is 0 Å². The number of carbonyl (C=O) groups is 2. The largest absolute Gasteiger partial charge is 0.493 e. The Bertz CT molecular complexity index is 778. The van der Waals surface area contributed by atoms with E-state index in [-0.39, 0.29) is 25.2 Å². The summed E-state index contributed by atoms with van der Waals surface area (Å²) in [5.41, 5.74) is 0.921. The number of nitrogens with one attached hydrogen (secondary N) is 1. The van der Waals surface area contributed by atoms with Crippen molar-refractivity contribution in [1.82, 2.24) is 5.32 Å². The second-order valence-corrected chi connectivity index (χ2v) is 6.13. The quantitative estimate of drug-likeness (QED) is 0.786. The van der Waals surface area contributed by atoms with Crippen LogP contribution in [0.1, 0.15) is 18.0 Å². The smallest absolute Gasteiger partial charge is 0.344 e. The van der Waals surface area contributed by atoms with Gasteiger partial charge in [0.05, 0.1) is 12.6 Å². The van der Waals surface area contributed by atoms with Crippen molar-refractivity contribution >= 4 is 23.5 Å². The monoisotopic (exact) mass is 375 g/mol. The molecule has 2 aromatic rings. The average molecular weight is 376 g/mol. The van der Waals surface area contributed by atoms with Crippen molar-refractivity contribution in [2.75, 3.05) is 19.8 Å². The first-order chi connectivity index (χ1) is 12.6. The van der Waals surface area contributed by atoms with Gasteiger partial charge < -0.3 is 19.5 Å². The highest BCUT2D eigenvalue weighted by Crippen LogP contribution is 2.31. The zero-order chi connectivity index (χ0) is 18.4. The number of hydrogen-bond donors (Lipinski definition) is 1. The Hall–Kier alpha value is -2.73. The van der Waals surface area contributed by atoms with Crippen molar-refractivity contribution in [2.45, 2.75) is 12.5 Å². The number of esters is 1. The molecule has 0 bridgehead atoms. The molecule has 26 heavy (non-hydrogen) atoms. The van der Waals surface area contributed by atoms with Gasteiger partial charge >= 0.3 is 5.97 Å². The van der Waals surface area contributed by atoms with E-state index in [0.717, 1.165) is 11.3 Å². The molecule has 1 heterocycles. The minimum Gasteiger partial charge on any atom is -0.493 e. The van der Waals surface area contributed by atoms with Gasteiger partial charge in [0, 0.05) is 17.0 Å². The van der Waals surface area contributed by atoms with E-state index in [2.05, 4.69) is 5.32 Å². The molecule has 0 saturated carbocycles. The number of benzene rings is 2. The van der Waals surface area contributed by atoms with Crippen LogP contribution in [0.2, 0.25) is 5.02 Å². The van der Waals surface area contributed by atoms with Gasteiger partial charge in [-0.15, -0.1) is 0 Å². The van der Waals surface area contributed by atoms with Crippen LogP contribution in [0.5, 0.6) is 11.5 Å². The highest BCUT2D eigenvalue weighted by molar-refractivity contribution is 6.30. The molecule has 0 fully saturated rings. The number of ether oxygens (including phenoxy) is 3. The minimum atomic E-state index is -0.623. The third-order valence-electron chi connectivity index (χ3n) is 3.83. The zero-order valence-corrected chi connectivity index (χ0v) is 14.7. The molecule has 1 aliphatic rings. The highest BCUT2D eigenvalue weighted by atomic mass is 35.5. The van der Waals surface area contributed by atoms with Crippen molar-refractivity contribution in [2.24, 2.45) is 0 Å². The molecule has 1 unspecified atom stereocenters. The van der Waals surface area contributed by atoms with Crippen molar-refractivity contribution < 1.29 is 23.8 Å². The van der Waals surface area contributed by atoms with Crippen LogP contribution in [-0.2, 0) is 14.3 Å². The van der Waals surface area contributed by atoms with Gasteiger partial charge in [-0.1, -0.05) is 29.8 Å². The number of amides is 1. The summed E-state index contributed by atoms with van der Waals surface area (Å²) in [5, 5.41) is 3.43. The van der Waals surface area contributed by atoms with Crippen molar-refractivity contribution in [3.8, 4) is 11.5 Å². The van der Waals surface area contributed by atoms with Crippen LogP contribution in [0.4, 0.5) is 0 Å². The first kappa shape index (κ1) is 18.1. The Labute approximate surface area is 156 Å². The minimum absolute atomic E-state index is 0.156. The maximum Gasteiger partial charge on any atom is 0.344 e. The van der Waals surface area contributed by atoms with Gasteiger partial charge in [-0.2, -0.15) is 0 Å². The molecule has 2 aromatic carbocycles. The number of hydrogen-bond acceptors (Lipinski definition) is 5. The molecular formula is C19H18ClNO5. The van der Waals surface area contributed by atoms with Crippen LogP contribution in [0.3, 0.4) is 0 Å². The summed E-state index contributed by atoms with van der Waals surface area (Å²) in [5.74, 6) is 0.265. The Balaban J connectivity index is 1.43. The van der Waals surface area contributed by atoms with Crippen molar-refractivity contribution in [1.29, 1.82) is 0 Å². The lowest BCUT2D eigenvalue weighted by atomic mass is 10.0. The summed E-state index contributed by atoms with van der Waals surface area (Å²) in [4.78, 5) is 23.8. The molecular weight excluding hydrogens is 358 g/mol. The van der Waals surface area contributed by atoms with Gasteiger partial charge in [0.15, 0.2) is 13.2 Å². The molecule has 7 heteroatoms. The lowest BCUT2D eigenvalue weighted by molar-refractivity contribution is -0.150. The van der Waals surface area contributed by atoms with E-state index in [1.54, 1.807) is 24.3 Å². The van der Waals surface area contributed by atoms with E-state index in [0.29, 0.717) is 23.8 Å². The molecule has 3 rings (SSSR count). The molecule has 0 aliphatic carbocycles. The molecule has 0 radical (unpaired) electrons. The van der Waals surface area contributed by atoms with E-state index in [1.165, 1.54) is 0 Å². The lowest BCUT2D eigenvalue weighted by Gasteiger charge is -2.26. The Morgan fingerprint density at radius 1 is 1.12 bits per heavy atom. The number of carbonyl (C=O) groups excluding carboxylic acids is 2.